The van der Waals surface area contributed by atoms with Crippen LogP contribution < -0.4 is 5.32 Å². The zero-order valence-corrected chi connectivity index (χ0v) is 15.0. The van der Waals surface area contributed by atoms with Gasteiger partial charge in [-0.25, -0.2) is 0 Å². The van der Waals surface area contributed by atoms with Gasteiger partial charge >= 0.3 is 5.97 Å². The van der Waals surface area contributed by atoms with Crippen molar-refractivity contribution in [2.45, 2.75) is 49.6 Å². The highest BCUT2D eigenvalue weighted by atomic mass is 16.5. The number of hydrogen-bond donors (Lipinski definition) is 1. The molecule has 1 aromatic carbocycles. The number of piperidine rings is 1. The van der Waals surface area contributed by atoms with Crippen LogP contribution in [0.2, 0.25) is 0 Å². The average Bonchev–Trinajstić information content (AvgIpc) is 3.29. The van der Waals surface area contributed by atoms with Gasteiger partial charge in [0.1, 0.15) is 0 Å². The van der Waals surface area contributed by atoms with Gasteiger partial charge in [-0.2, -0.15) is 0 Å². The van der Waals surface area contributed by atoms with Crippen LogP contribution in [0.5, 0.6) is 0 Å². The van der Waals surface area contributed by atoms with Crippen LogP contribution in [0.25, 0.3) is 0 Å². The molecule has 4 nitrogen and oxygen atoms in total. The summed E-state index contributed by atoms with van der Waals surface area (Å²) in [4.78, 5) is 15.7. The largest absolute Gasteiger partial charge is 0.469 e. The van der Waals surface area contributed by atoms with Crippen molar-refractivity contribution < 1.29 is 9.53 Å². The van der Waals surface area contributed by atoms with E-state index in [1.54, 1.807) is 7.11 Å². The molecule has 1 aromatic rings. The fraction of sp³-hybridized carbons (Fsp3) is 0.667. The molecule has 2 bridgehead atoms. The molecule has 2 saturated carbocycles. The molecular formula is C21H26N2O2. The first-order valence-corrected chi connectivity index (χ1v) is 9.81. The van der Waals surface area contributed by atoms with E-state index in [4.69, 9.17) is 4.74 Å². The number of hydrogen-bond acceptors (Lipinski definition) is 4. The molecule has 2 aliphatic carbocycles. The van der Waals surface area contributed by atoms with Crippen LogP contribution >= 0.6 is 0 Å². The van der Waals surface area contributed by atoms with Crippen molar-refractivity contribution in [1.82, 2.24) is 4.90 Å². The molecule has 25 heavy (non-hydrogen) atoms. The van der Waals surface area contributed by atoms with Gasteiger partial charge < -0.3 is 10.1 Å². The Labute approximate surface area is 148 Å². The number of esters is 1. The first-order chi connectivity index (χ1) is 12.1. The topological polar surface area (TPSA) is 41.6 Å². The van der Waals surface area contributed by atoms with Crippen molar-refractivity contribution >= 4 is 11.7 Å². The molecule has 4 heteroatoms. The predicted molar refractivity (Wildman–Crippen MR) is 95.4 cm³/mol. The number of fused-ring (bicyclic) bond motifs is 1. The summed E-state index contributed by atoms with van der Waals surface area (Å²) < 4.78 is 5.32. The highest BCUT2D eigenvalue weighted by Crippen LogP contribution is 2.79. The minimum absolute atomic E-state index is 0.00844. The Hall–Kier alpha value is -1.55. The van der Waals surface area contributed by atoms with E-state index < -0.39 is 0 Å². The van der Waals surface area contributed by atoms with E-state index in [9.17, 15) is 4.79 Å². The van der Waals surface area contributed by atoms with Crippen LogP contribution in [0.1, 0.15) is 38.2 Å². The summed E-state index contributed by atoms with van der Waals surface area (Å²) in [6.07, 6.45) is 4.69. The number of para-hydroxylation sites is 1. The third kappa shape index (κ3) is 1.23. The quantitative estimate of drug-likeness (QED) is 0.800. The lowest BCUT2D eigenvalue weighted by Gasteiger charge is -2.52. The van der Waals surface area contributed by atoms with Crippen molar-refractivity contribution in [3.05, 3.63) is 29.8 Å². The highest BCUT2D eigenvalue weighted by Gasteiger charge is 2.86. The summed E-state index contributed by atoms with van der Waals surface area (Å²) in [6, 6.07) is 9.42. The van der Waals surface area contributed by atoms with Gasteiger partial charge in [-0.15, -0.1) is 0 Å². The maximum Gasteiger partial charge on any atom is 0.311 e. The van der Waals surface area contributed by atoms with Gasteiger partial charge in [0.05, 0.1) is 18.6 Å². The molecular weight excluding hydrogens is 312 g/mol. The number of ether oxygens (including phenoxy) is 1. The molecule has 2 saturated heterocycles. The van der Waals surface area contributed by atoms with E-state index in [-0.39, 0.29) is 28.3 Å². The molecule has 5 aliphatic rings. The minimum Gasteiger partial charge on any atom is -0.469 e. The summed E-state index contributed by atoms with van der Waals surface area (Å²) in [5.74, 6) is 0.449. The second kappa shape index (κ2) is 4.22. The molecule has 0 unspecified atom stereocenters. The summed E-state index contributed by atoms with van der Waals surface area (Å²) in [7, 11) is 1.56. The van der Waals surface area contributed by atoms with E-state index in [0.29, 0.717) is 12.0 Å². The van der Waals surface area contributed by atoms with Gasteiger partial charge in [0.25, 0.3) is 0 Å². The molecule has 1 N–H and O–H groups in total. The molecule has 3 heterocycles. The summed E-state index contributed by atoms with van der Waals surface area (Å²) in [5.41, 5.74) is 2.88. The lowest BCUT2D eigenvalue weighted by molar-refractivity contribution is -0.150. The third-order valence-corrected chi connectivity index (χ3v) is 8.91. The fourth-order valence-electron chi connectivity index (χ4n) is 8.44. The monoisotopic (exact) mass is 338 g/mol. The van der Waals surface area contributed by atoms with Gasteiger partial charge in [-0.3, -0.25) is 9.69 Å². The minimum atomic E-state index is -0.173. The molecule has 0 aromatic heterocycles. The predicted octanol–water partition coefficient (Wildman–Crippen LogP) is 2.79. The van der Waals surface area contributed by atoms with Crippen LogP contribution in [-0.4, -0.2) is 42.6 Å². The van der Waals surface area contributed by atoms with Crippen molar-refractivity contribution in [3.8, 4) is 0 Å². The van der Waals surface area contributed by atoms with Crippen molar-refractivity contribution in [3.63, 3.8) is 0 Å². The first kappa shape index (κ1) is 14.6. The van der Waals surface area contributed by atoms with E-state index in [0.717, 1.165) is 6.42 Å². The molecule has 0 amide bonds. The fourth-order valence-corrected chi connectivity index (χ4v) is 8.44. The smallest absolute Gasteiger partial charge is 0.311 e. The van der Waals surface area contributed by atoms with E-state index in [2.05, 4.69) is 41.4 Å². The Bertz CT molecular complexity index is 794. The van der Waals surface area contributed by atoms with Gasteiger partial charge in [-0.1, -0.05) is 25.1 Å². The Kier molecular flexibility index (Phi) is 2.47. The lowest BCUT2D eigenvalue weighted by Crippen LogP contribution is -2.63. The Morgan fingerprint density at radius 3 is 2.96 bits per heavy atom. The molecule has 0 radical (unpaired) electrons. The van der Waals surface area contributed by atoms with Crippen molar-refractivity contribution in [2.75, 3.05) is 25.5 Å². The van der Waals surface area contributed by atoms with E-state index in [1.807, 2.05) is 0 Å². The summed E-state index contributed by atoms with van der Waals surface area (Å²) in [6.45, 7) is 4.82. The Morgan fingerprint density at radius 1 is 1.28 bits per heavy atom. The molecule has 4 fully saturated rings. The number of rotatable bonds is 1. The molecule has 3 aliphatic heterocycles. The van der Waals surface area contributed by atoms with Gasteiger partial charge in [-0.05, 0) is 61.7 Å². The number of nitrogens with one attached hydrogen (secondary N) is 1. The number of methoxy groups -OCH3 is 1. The maximum absolute atomic E-state index is 12.9. The Morgan fingerprint density at radius 2 is 2.12 bits per heavy atom. The van der Waals surface area contributed by atoms with Crippen LogP contribution in [0.4, 0.5) is 5.69 Å². The van der Waals surface area contributed by atoms with Crippen LogP contribution in [-0.2, 0) is 14.9 Å². The molecule has 3 spiro atoms. The van der Waals surface area contributed by atoms with Crippen LogP contribution in [0.3, 0.4) is 0 Å². The molecule has 132 valence electrons. The average molecular weight is 338 g/mol. The van der Waals surface area contributed by atoms with Gasteiger partial charge in [0, 0.05) is 17.1 Å². The number of nitrogens with zero attached hydrogens (tertiary/aromatic N) is 1. The Balaban J connectivity index is 1.67. The lowest BCUT2D eigenvalue weighted by atomic mass is 9.56. The van der Waals surface area contributed by atoms with Crippen molar-refractivity contribution in [1.29, 1.82) is 0 Å². The molecule has 6 atom stereocenters. The summed E-state index contributed by atoms with van der Waals surface area (Å²) >= 11 is 0. The first-order valence-electron chi connectivity index (χ1n) is 9.81. The maximum atomic E-state index is 12.9. The van der Waals surface area contributed by atoms with Crippen LogP contribution in [0.15, 0.2) is 24.3 Å². The molecule has 6 rings (SSSR count). The standard InChI is InChI=1S/C21H26N2O2/c1-13-19-8-5-10-23-11-9-20(18(19)23)14-6-3-4-7-16(14)22-21(13,20)15(12-19)17(24)25-2/h3-4,6-7,13,15,18,22H,5,8-12H2,1-2H3/t13-,15-,18-,19+,20+,21-/m1/s1. The normalized spacial score (nSPS) is 48.6. The van der Waals surface area contributed by atoms with Gasteiger partial charge in [0.15, 0.2) is 0 Å². The number of benzene rings is 1. The second-order valence-electron chi connectivity index (χ2n) is 9.04. The van der Waals surface area contributed by atoms with Gasteiger partial charge in [0.2, 0.25) is 0 Å². The number of anilines is 1. The number of carbonyl (C=O) groups excluding carboxylic acids is 1. The third-order valence-electron chi connectivity index (χ3n) is 8.91. The highest BCUT2D eigenvalue weighted by molar-refractivity contribution is 5.82. The second-order valence-corrected chi connectivity index (χ2v) is 9.04. The SMILES string of the molecule is COC(=O)[C@H]1C[C@@]23CCCN4CC[C@]5(c6ccccc6N[C@]15[C@@H]2C)[C@H]43. The van der Waals surface area contributed by atoms with Crippen LogP contribution in [0, 0.1) is 17.3 Å². The summed E-state index contributed by atoms with van der Waals surface area (Å²) in [5, 5.41) is 3.96. The van der Waals surface area contributed by atoms with Crippen molar-refractivity contribution in [2.24, 2.45) is 17.3 Å². The number of carbonyl (C=O) groups is 1. The van der Waals surface area contributed by atoms with E-state index in [1.165, 1.54) is 43.6 Å². The van der Waals surface area contributed by atoms with E-state index >= 15 is 0 Å². The zero-order valence-electron chi connectivity index (χ0n) is 15.0. The zero-order chi connectivity index (χ0) is 17.0.